The van der Waals surface area contributed by atoms with Crippen LogP contribution in [-0.2, 0) is 5.60 Å². The minimum atomic E-state index is -1.06. The zero-order valence-corrected chi connectivity index (χ0v) is 13.8. The number of nitrogens with two attached hydrogens (primary N) is 2. The Morgan fingerprint density at radius 1 is 1.32 bits per heavy atom. The molecule has 0 saturated carbocycles. The molecule has 0 radical (unpaired) electrons. The molecule has 1 heterocycles. The molecule has 0 aliphatic rings. The number of benzene rings is 1. The van der Waals surface area contributed by atoms with E-state index in [0.29, 0.717) is 5.56 Å². The first kappa shape index (κ1) is 18.6. The fraction of sp³-hybridized carbons (Fsp3) is 0.250. The summed E-state index contributed by atoms with van der Waals surface area (Å²) in [6, 6.07) is 2.93. The Morgan fingerprint density at radius 2 is 1.96 bits per heavy atom. The lowest BCUT2D eigenvalue weighted by Gasteiger charge is -2.17. The van der Waals surface area contributed by atoms with Crippen molar-refractivity contribution < 1.29 is 18.6 Å². The average Bonchev–Trinajstić information content (AvgIpc) is 2.54. The number of hydrazine groups is 1. The number of aromatic nitrogens is 2. The molecule has 0 bridgehead atoms. The first-order valence-corrected chi connectivity index (χ1v) is 7.29. The van der Waals surface area contributed by atoms with Crippen molar-refractivity contribution in [2.24, 2.45) is 11.6 Å². The maximum Gasteiger partial charge on any atom is 0.316 e. The predicted molar refractivity (Wildman–Crippen MR) is 88.1 cm³/mol. The molecule has 5 N–H and O–H groups in total. The van der Waals surface area contributed by atoms with Crippen LogP contribution in [0.15, 0.2) is 42.5 Å². The number of ether oxygens (including phenoxy) is 1. The van der Waals surface area contributed by atoms with E-state index in [1.165, 1.54) is 18.6 Å². The topological polar surface area (TPSA) is 111 Å². The highest BCUT2D eigenvalue weighted by molar-refractivity contribution is 5.49. The third-order valence-corrected chi connectivity index (χ3v) is 3.19. The predicted octanol–water partition coefficient (Wildman–Crippen LogP) is 1.54. The van der Waals surface area contributed by atoms with E-state index >= 15 is 0 Å². The van der Waals surface area contributed by atoms with E-state index in [9.17, 15) is 13.9 Å². The number of nitrogens with zero attached hydrogens (tertiary/aromatic N) is 3. The molecule has 0 amide bonds. The van der Waals surface area contributed by atoms with Gasteiger partial charge in [0.2, 0.25) is 0 Å². The first-order valence-electron chi connectivity index (χ1n) is 7.29. The molecule has 2 aromatic rings. The average molecular weight is 351 g/mol. The zero-order valence-electron chi connectivity index (χ0n) is 13.8. The number of aliphatic hydroxyl groups is 1. The lowest BCUT2D eigenvalue weighted by atomic mass is 10.0. The van der Waals surface area contributed by atoms with Crippen LogP contribution in [0.2, 0.25) is 0 Å². The van der Waals surface area contributed by atoms with Crippen LogP contribution in [0.1, 0.15) is 19.4 Å². The Morgan fingerprint density at radius 3 is 2.56 bits per heavy atom. The Hall–Kier alpha value is -2.78. The fourth-order valence-electron chi connectivity index (χ4n) is 1.82. The van der Waals surface area contributed by atoms with E-state index in [2.05, 4.69) is 9.97 Å². The van der Waals surface area contributed by atoms with Gasteiger partial charge in [-0.15, -0.1) is 0 Å². The van der Waals surface area contributed by atoms with E-state index in [1.54, 1.807) is 13.8 Å². The standard InChI is InChI=1S/C16H19F2N5O2/c1-16(2,24)10-6-21-15(22-7-10)25-9-12(19)8-23(20)14-5-11(17)3-4-13(14)18/h3-8,24H,9,19-20H2,1-2H3/b12-8-. The van der Waals surface area contributed by atoms with E-state index in [4.69, 9.17) is 16.3 Å². The Balaban J connectivity index is 2.00. The minimum absolute atomic E-state index is 0.0462. The lowest BCUT2D eigenvalue weighted by molar-refractivity contribution is 0.0776. The molecule has 1 aromatic heterocycles. The molecule has 1 aromatic carbocycles. The quantitative estimate of drug-likeness (QED) is 0.535. The van der Waals surface area contributed by atoms with Crippen LogP contribution in [0.25, 0.3) is 0 Å². The second-order valence-corrected chi connectivity index (χ2v) is 5.81. The van der Waals surface area contributed by atoms with Crippen molar-refractivity contribution in [2.75, 3.05) is 11.6 Å². The second kappa shape index (κ2) is 7.41. The maximum atomic E-state index is 13.6. The van der Waals surface area contributed by atoms with Gasteiger partial charge in [0.25, 0.3) is 0 Å². The van der Waals surface area contributed by atoms with Crippen molar-refractivity contribution in [3.05, 3.63) is 59.7 Å². The summed E-state index contributed by atoms with van der Waals surface area (Å²) in [4.78, 5) is 7.90. The molecular weight excluding hydrogens is 332 g/mol. The van der Waals surface area contributed by atoms with Crippen LogP contribution in [0, 0.1) is 11.6 Å². The minimum Gasteiger partial charge on any atom is -0.457 e. The lowest BCUT2D eigenvalue weighted by Crippen LogP contribution is -2.28. The van der Waals surface area contributed by atoms with E-state index < -0.39 is 17.2 Å². The Labute approximate surface area is 143 Å². The van der Waals surface area contributed by atoms with Crippen molar-refractivity contribution >= 4 is 5.69 Å². The maximum absolute atomic E-state index is 13.6. The highest BCUT2D eigenvalue weighted by Gasteiger charge is 2.17. The van der Waals surface area contributed by atoms with Crippen LogP contribution >= 0.6 is 0 Å². The van der Waals surface area contributed by atoms with Gasteiger partial charge in [-0.05, 0) is 26.0 Å². The van der Waals surface area contributed by atoms with Crippen LogP contribution in [0.5, 0.6) is 6.01 Å². The molecule has 0 aliphatic carbocycles. The smallest absolute Gasteiger partial charge is 0.316 e. The molecule has 25 heavy (non-hydrogen) atoms. The molecule has 134 valence electrons. The number of rotatable bonds is 6. The van der Waals surface area contributed by atoms with Gasteiger partial charge in [0.05, 0.1) is 17.0 Å². The normalized spacial score (nSPS) is 12.2. The highest BCUT2D eigenvalue weighted by Crippen LogP contribution is 2.19. The van der Waals surface area contributed by atoms with Gasteiger partial charge in [0.1, 0.15) is 18.2 Å². The molecule has 9 heteroatoms. The third kappa shape index (κ3) is 5.10. The van der Waals surface area contributed by atoms with Gasteiger partial charge in [-0.2, -0.15) is 0 Å². The summed E-state index contributed by atoms with van der Waals surface area (Å²) < 4.78 is 32.1. The van der Waals surface area contributed by atoms with Crippen molar-refractivity contribution in [1.82, 2.24) is 9.97 Å². The van der Waals surface area contributed by atoms with Crippen molar-refractivity contribution in [3.63, 3.8) is 0 Å². The van der Waals surface area contributed by atoms with Gasteiger partial charge in [-0.1, -0.05) is 0 Å². The number of hydrogen-bond donors (Lipinski definition) is 3. The monoisotopic (exact) mass is 351 g/mol. The van der Waals surface area contributed by atoms with Crippen molar-refractivity contribution in [1.29, 1.82) is 0 Å². The van der Waals surface area contributed by atoms with Gasteiger partial charge in [-0.25, -0.2) is 24.6 Å². The van der Waals surface area contributed by atoms with Gasteiger partial charge in [-0.3, -0.25) is 5.01 Å². The molecule has 0 fully saturated rings. The van der Waals surface area contributed by atoms with Crippen molar-refractivity contribution in [2.45, 2.75) is 19.4 Å². The Kier molecular flexibility index (Phi) is 5.50. The summed E-state index contributed by atoms with van der Waals surface area (Å²) in [5.41, 5.74) is 5.18. The summed E-state index contributed by atoms with van der Waals surface area (Å²) in [6.07, 6.45) is 4.06. The number of hydrogen-bond acceptors (Lipinski definition) is 7. The SMILES string of the molecule is CC(C)(O)c1cnc(OC/C(N)=C/N(N)c2cc(F)ccc2F)nc1. The van der Waals surface area contributed by atoms with Crippen LogP contribution < -0.4 is 21.3 Å². The summed E-state index contributed by atoms with van der Waals surface area (Å²) in [6.45, 7) is 3.09. The Bertz CT molecular complexity index is 760. The molecule has 0 spiro atoms. The fourth-order valence-corrected chi connectivity index (χ4v) is 1.82. The zero-order chi connectivity index (χ0) is 18.6. The summed E-state index contributed by atoms with van der Waals surface area (Å²) in [7, 11) is 0. The van der Waals surface area contributed by atoms with E-state index in [1.807, 2.05) is 0 Å². The number of anilines is 1. The molecule has 0 unspecified atom stereocenters. The first-order chi connectivity index (χ1) is 11.7. The summed E-state index contributed by atoms with van der Waals surface area (Å²) in [5, 5.41) is 10.7. The van der Waals surface area contributed by atoms with Gasteiger partial charge >= 0.3 is 6.01 Å². The molecule has 7 nitrogen and oxygen atoms in total. The van der Waals surface area contributed by atoms with Gasteiger partial charge < -0.3 is 15.6 Å². The third-order valence-electron chi connectivity index (χ3n) is 3.19. The van der Waals surface area contributed by atoms with Crippen LogP contribution in [0.4, 0.5) is 14.5 Å². The van der Waals surface area contributed by atoms with Crippen molar-refractivity contribution in [3.8, 4) is 6.01 Å². The van der Waals surface area contributed by atoms with E-state index in [-0.39, 0.29) is 24.0 Å². The molecule has 0 atom stereocenters. The highest BCUT2D eigenvalue weighted by atomic mass is 19.1. The van der Waals surface area contributed by atoms with Crippen LogP contribution in [-0.4, -0.2) is 21.7 Å². The molecule has 0 aliphatic heterocycles. The van der Waals surface area contributed by atoms with E-state index in [0.717, 1.165) is 23.2 Å². The second-order valence-electron chi connectivity index (χ2n) is 5.81. The molecule has 2 rings (SSSR count). The molecule has 0 saturated heterocycles. The molecular formula is C16H19F2N5O2. The van der Waals surface area contributed by atoms with Gasteiger partial charge in [0.15, 0.2) is 0 Å². The number of halogens is 2. The summed E-state index contributed by atoms with van der Waals surface area (Å²) in [5.74, 6) is 4.33. The van der Waals surface area contributed by atoms with Crippen LogP contribution in [0.3, 0.4) is 0 Å². The largest absolute Gasteiger partial charge is 0.457 e. The summed E-state index contributed by atoms with van der Waals surface area (Å²) >= 11 is 0. The van der Waals surface area contributed by atoms with Gasteiger partial charge in [0, 0.05) is 30.2 Å².